The van der Waals surface area contributed by atoms with Crippen molar-refractivity contribution in [2.45, 2.75) is 5.92 Å². The molecule has 3 aromatic rings. The van der Waals surface area contributed by atoms with Gasteiger partial charge in [0.1, 0.15) is 11.6 Å². The molecule has 0 aliphatic rings. The van der Waals surface area contributed by atoms with E-state index < -0.39 is 29.0 Å². The monoisotopic (exact) mass is 356 g/mol. The first kappa shape index (κ1) is 17.8. The smallest absolute Gasteiger partial charge is 0.331 e. The zero-order chi connectivity index (χ0) is 16.6. The topological polar surface area (TPSA) is 55.2 Å². The van der Waals surface area contributed by atoms with Crippen LogP contribution in [0.1, 0.15) is 11.4 Å². The number of hydrogen-bond donors (Lipinski definition) is 1. The van der Waals surface area contributed by atoms with Crippen molar-refractivity contribution in [1.82, 2.24) is 9.97 Å². The molecule has 0 aliphatic carbocycles. The molecule has 2 aromatic carbocycles. The molecule has 0 fully saturated rings. The highest BCUT2D eigenvalue weighted by Gasteiger charge is 2.38. The summed E-state index contributed by atoms with van der Waals surface area (Å²) in [4.78, 5) is 7.31. The maximum Gasteiger partial charge on any atom is 0.331 e. The van der Waals surface area contributed by atoms with Crippen molar-refractivity contribution in [2.24, 2.45) is 0 Å². The summed E-state index contributed by atoms with van der Waals surface area (Å²) in [6.45, 7) is 0. The standard InChI is InChI=1S/C16H11F3N2O2.ClH/c1-23-11-6-7-12-13(8-11)20-15(21-14(12)22)16(18,19)9-2-4-10(17)5-3-9;/h2-8H,1H3,(H,20,21,22);1H. The molecule has 0 radical (unpaired) electrons. The maximum absolute atomic E-state index is 14.5. The number of rotatable bonds is 3. The molecule has 0 saturated carbocycles. The van der Waals surface area contributed by atoms with E-state index in [0.29, 0.717) is 5.75 Å². The van der Waals surface area contributed by atoms with Crippen molar-refractivity contribution >= 4 is 23.3 Å². The van der Waals surface area contributed by atoms with Gasteiger partial charge in [-0.3, -0.25) is 0 Å². The number of hydrogen-bond acceptors (Lipinski definition) is 4. The molecule has 8 heteroatoms. The van der Waals surface area contributed by atoms with Crippen LogP contribution in [0, 0.1) is 5.82 Å². The molecular weight excluding hydrogens is 345 g/mol. The van der Waals surface area contributed by atoms with Crippen molar-refractivity contribution < 1.29 is 23.0 Å². The average Bonchev–Trinajstić information content (AvgIpc) is 2.54. The Bertz CT molecular complexity index is 873. The second kappa shape index (κ2) is 6.52. The third kappa shape index (κ3) is 3.07. The minimum absolute atomic E-state index is 0. The minimum Gasteiger partial charge on any atom is -0.497 e. The van der Waals surface area contributed by atoms with Crippen LogP contribution in [0.15, 0.2) is 42.5 Å². The third-order valence-corrected chi connectivity index (χ3v) is 3.37. The number of benzene rings is 2. The highest BCUT2D eigenvalue weighted by atomic mass is 35.5. The third-order valence-electron chi connectivity index (χ3n) is 3.37. The van der Waals surface area contributed by atoms with Gasteiger partial charge in [0.05, 0.1) is 18.0 Å². The Kier molecular flexibility index (Phi) is 4.84. The number of aromatic hydroxyl groups is 1. The number of alkyl halides is 2. The quantitative estimate of drug-likeness (QED) is 0.769. The van der Waals surface area contributed by atoms with Gasteiger partial charge in [-0.1, -0.05) is 0 Å². The highest BCUT2D eigenvalue weighted by Crippen LogP contribution is 2.36. The summed E-state index contributed by atoms with van der Waals surface area (Å²) in [7, 11) is 1.43. The highest BCUT2D eigenvalue weighted by molar-refractivity contribution is 5.85. The zero-order valence-electron chi connectivity index (χ0n) is 12.3. The second-order valence-corrected chi connectivity index (χ2v) is 4.84. The molecule has 0 amide bonds. The SMILES string of the molecule is COc1ccc2c(O)nc(C(F)(F)c3ccc(F)cc3)nc2c1.Cl. The van der Waals surface area contributed by atoms with E-state index in [0.717, 1.165) is 24.3 Å². The van der Waals surface area contributed by atoms with Gasteiger partial charge in [-0.05, 0) is 36.4 Å². The lowest BCUT2D eigenvalue weighted by Gasteiger charge is -2.16. The summed E-state index contributed by atoms with van der Waals surface area (Å²) in [5, 5.41) is 10.1. The molecule has 1 aromatic heterocycles. The molecule has 0 saturated heterocycles. The van der Waals surface area contributed by atoms with Crippen molar-refractivity contribution in [2.75, 3.05) is 7.11 Å². The number of fused-ring (bicyclic) bond motifs is 1. The number of ether oxygens (including phenoxy) is 1. The average molecular weight is 357 g/mol. The van der Waals surface area contributed by atoms with E-state index in [4.69, 9.17) is 4.74 Å². The molecule has 3 rings (SSSR count). The Morgan fingerprint density at radius 2 is 1.71 bits per heavy atom. The molecule has 0 bridgehead atoms. The molecule has 1 heterocycles. The van der Waals surface area contributed by atoms with Crippen molar-refractivity contribution in [3.63, 3.8) is 0 Å². The first-order chi connectivity index (χ1) is 10.9. The summed E-state index contributed by atoms with van der Waals surface area (Å²) >= 11 is 0. The number of methoxy groups -OCH3 is 1. The van der Waals surface area contributed by atoms with Gasteiger partial charge in [-0.25, -0.2) is 9.37 Å². The van der Waals surface area contributed by atoms with Gasteiger partial charge in [-0.2, -0.15) is 13.8 Å². The van der Waals surface area contributed by atoms with Crippen LogP contribution in [-0.4, -0.2) is 22.2 Å². The lowest BCUT2D eigenvalue weighted by Crippen LogP contribution is -2.19. The van der Waals surface area contributed by atoms with Crippen molar-refractivity contribution in [3.8, 4) is 11.6 Å². The lowest BCUT2D eigenvalue weighted by molar-refractivity contribution is 0.0325. The predicted molar refractivity (Wildman–Crippen MR) is 84.4 cm³/mol. The Hall–Kier alpha value is -2.54. The van der Waals surface area contributed by atoms with Crippen LogP contribution < -0.4 is 4.74 Å². The largest absolute Gasteiger partial charge is 0.497 e. The summed E-state index contributed by atoms with van der Waals surface area (Å²) in [6.07, 6.45) is 0. The van der Waals surface area contributed by atoms with Crippen LogP contribution in [0.5, 0.6) is 11.6 Å². The molecule has 0 unspecified atom stereocenters. The van der Waals surface area contributed by atoms with Crippen LogP contribution in [0.25, 0.3) is 10.9 Å². The Morgan fingerprint density at radius 1 is 1.04 bits per heavy atom. The van der Waals surface area contributed by atoms with E-state index in [1.807, 2.05) is 0 Å². The van der Waals surface area contributed by atoms with Gasteiger partial charge in [0.25, 0.3) is 0 Å². The molecule has 4 nitrogen and oxygen atoms in total. The molecule has 1 N–H and O–H groups in total. The van der Waals surface area contributed by atoms with E-state index in [1.165, 1.54) is 19.2 Å². The Morgan fingerprint density at radius 3 is 2.33 bits per heavy atom. The molecular formula is C16H12ClF3N2O2. The second-order valence-electron chi connectivity index (χ2n) is 4.84. The molecule has 24 heavy (non-hydrogen) atoms. The normalized spacial score (nSPS) is 11.2. The predicted octanol–water partition coefficient (Wildman–Crippen LogP) is 4.05. The van der Waals surface area contributed by atoms with Crippen LogP contribution in [0.2, 0.25) is 0 Å². The molecule has 0 spiro atoms. The van der Waals surface area contributed by atoms with Gasteiger partial charge < -0.3 is 9.84 Å². The summed E-state index contributed by atoms with van der Waals surface area (Å²) in [5.41, 5.74) is -0.353. The van der Waals surface area contributed by atoms with E-state index >= 15 is 0 Å². The molecule has 0 atom stereocenters. The summed E-state index contributed by atoms with van der Waals surface area (Å²) in [6, 6.07) is 8.20. The first-order valence-electron chi connectivity index (χ1n) is 6.61. The number of nitrogens with zero attached hydrogens (tertiary/aromatic N) is 2. The fraction of sp³-hybridized carbons (Fsp3) is 0.125. The number of aromatic nitrogens is 2. The van der Waals surface area contributed by atoms with Gasteiger partial charge in [0.2, 0.25) is 11.7 Å². The van der Waals surface area contributed by atoms with E-state index in [2.05, 4.69) is 9.97 Å². The minimum atomic E-state index is -3.58. The maximum atomic E-state index is 14.5. The van der Waals surface area contributed by atoms with Crippen LogP contribution in [0.4, 0.5) is 13.2 Å². The lowest BCUT2D eigenvalue weighted by atomic mass is 10.1. The van der Waals surface area contributed by atoms with Crippen molar-refractivity contribution in [1.29, 1.82) is 0 Å². The first-order valence-corrected chi connectivity index (χ1v) is 6.61. The van der Waals surface area contributed by atoms with Crippen molar-refractivity contribution in [3.05, 3.63) is 59.7 Å². The zero-order valence-corrected chi connectivity index (χ0v) is 13.1. The van der Waals surface area contributed by atoms with E-state index in [9.17, 15) is 18.3 Å². The van der Waals surface area contributed by atoms with Crippen LogP contribution in [0.3, 0.4) is 0 Å². The van der Waals surface area contributed by atoms with E-state index in [-0.39, 0.29) is 23.3 Å². The van der Waals surface area contributed by atoms with E-state index in [1.54, 1.807) is 6.07 Å². The number of halogens is 4. The summed E-state index contributed by atoms with van der Waals surface area (Å²) < 4.78 is 47.0. The van der Waals surface area contributed by atoms with Gasteiger partial charge >= 0.3 is 5.92 Å². The summed E-state index contributed by atoms with van der Waals surface area (Å²) in [5.74, 6) is -5.23. The Balaban J connectivity index is 0.00000208. The molecule has 0 aliphatic heterocycles. The molecule has 126 valence electrons. The Labute approximate surface area is 141 Å². The fourth-order valence-electron chi connectivity index (χ4n) is 2.15. The fourth-order valence-corrected chi connectivity index (χ4v) is 2.15. The van der Waals surface area contributed by atoms with Gasteiger partial charge in [-0.15, -0.1) is 12.4 Å². The van der Waals surface area contributed by atoms with Gasteiger partial charge in [0.15, 0.2) is 0 Å². The van der Waals surface area contributed by atoms with Crippen LogP contribution >= 0.6 is 12.4 Å². The van der Waals surface area contributed by atoms with Crippen LogP contribution in [-0.2, 0) is 5.92 Å². The van der Waals surface area contributed by atoms with Gasteiger partial charge in [0, 0.05) is 11.6 Å².